The Labute approximate surface area is 128 Å². The van der Waals surface area contributed by atoms with Crippen LogP contribution < -0.4 is 5.32 Å². The van der Waals surface area contributed by atoms with Crippen LogP contribution in [0.3, 0.4) is 0 Å². The van der Waals surface area contributed by atoms with Gasteiger partial charge in [-0.25, -0.2) is 0 Å². The van der Waals surface area contributed by atoms with Crippen LogP contribution in [0.1, 0.15) is 56.9 Å². The predicted molar refractivity (Wildman–Crippen MR) is 86.5 cm³/mol. The lowest BCUT2D eigenvalue weighted by Crippen LogP contribution is -2.08. The van der Waals surface area contributed by atoms with Gasteiger partial charge in [0.25, 0.3) is 0 Å². The van der Waals surface area contributed by atoms with Crippen LogP contribution in [0.5, 0.6) is 0 Å². The molecule has 3 heteroatoms. The molecule has 1 aliphatic carbocycles. The van der Waals surface area contributed by atoms with E-state index in [2.05, 4.69) is 17.4 Å². The summed E-state index contributed by atoms with van der Waals surface area (Å²) in [5.41, 5.74) is 2.20. The van der Waals surface area contributed by atoms with Crippen molar-refractivity contribution in [3.8, 4) is 0 Å². The van der Waals surface area contributed by atoms with Crippen LogP contribution in [-0.4, -0.2) is 19.1 Å². The van der Waals surface area contributed by atoms with Crippen molar-refractivity contribution in [1.82, 2.24) is 0 Å². The number of amides is 1. The SMILES string of the molecule is O=CNc1ccc(CCCCCCOC2CCCC2)cc1. The van der Waals surface area contributed by atoms with Crippen molar-refractivity contribution in [2.45, 2.75) is 63.9 Å². The maximum absolute atomic E-state index is 10.3. The minimum absolute atomic E-state index is 0.559. The van der Waals surface area contributed by atoms with Gasteiger partial charge in [0.1, 0.15) is 0 Å². The van der Waals surface area contributed by atoms with E-state index in [-0.39, 0.29) is 0 Å². The van der Waals surface area contributed by atoms with E-state index in [1.807, 2.05) is 12.1 Å². The standard InChI is InChI=1S/C18H27NO2/c20-15-19-17-12-10-16(11-13-17)7-3-1-2-6-14-21-18-8-4-5-9-18/h10-13,15,18H,1-9,14H2,(H,19,20). The molecular formula is C18H27NO2. The molecule has 1 fully saturated rings. The molecule has 1 amide bonds. The van der Waals surface area contributed by atoms with Gasteiger partial charge in [0.2, 0.25) is 6.41 Å². The fourth-order valence-corrected chi connectivity index (χ4v) is 2.93. The lowest BCUT2D eigenvalue weighted by atomic mass is 10.1. The van der Waals surface area contributed by atoms with Crippen LogP contribution in [0, 0.1) is 0 Å². The number of carbonyl (C=O) groups is 1. The lowest BCUT2D eigenvalue weighted by Gasteiger charge is -2.10. The van der Waals surface area contributed by atoms with Gasteiger partial charge in [0, 0.05) is 12.3 Å². The average Bonchev–Trinajstić information content (AvgIpc) is 3.01. The fraction of sp³-hybridized carbons (Fsp3) is 0.611. The van der Waals surface area contributed by atoms with Crippen molar-refractivity contribution in [2.24, 2.45) is 0 Å². The molecule has 1 saturated carbocycles. The van der Waals surface area contributed by atoms with E-state index >= 15 is 0 Å². The van der Waals surface area contributed by atoms with Crippen LogP contribution in [-0.2, 0) is 16.0 Å². The molecule has 0 heterocycles. The van der Waals surface area contributed by atoms with E-state index in [9.17, 15) is 4.79 Å². The summed E-state index contributed by atoms with van der Waals surface area (Å²) in [7, 11) is 0. The number of aryl methyl sites for hydroxylation is 1. The fourth-order valence-electron chi connectivity index (χ4n) is 2.93. The zero-order valence-electron chi connectivity index (χ0n) is 12.9. The van der Waals surface area contributed by atoms with Gasteiger partial charge >= 0.3 is 0 Å². The van der Waals surface area contributed by atoms with Gasteiger partial charge < -0.3 is 10.1 Å². The van der Waals surface area contributed by atoms with E-state index in [1.54, 1.807) is 0 Å². The summed E-state index contributed by atoms with van der Waals surface area (Å²) in [5.74, 6) is 0. The molecule has 0 aliphatic heterocycles. The van der Waals surface area contributed by atoms with E-state index in [4.69, 9.17) is 4.74 Å². The molecule has 116 valence electrons. The minimum atomic E-state index is 0.559. The molecule has 2 rings (SSSR count). The molecule has 1 aromatic rings. The molecule has 1 aromatic carbocycles. The van der Waals surface area contributed by atoms with Crippen LogP contribution in [0.25, 0.3) is 0 Å². The molecule has 1 aliphatic rings. The number of hydrogen-bond acceptors (Lipinski definition) is 2. The number of unbranched alkanes of at least 4 members (excludes halogenated alkanes) is 3. The van der Waals surface area contributed by atoms with Gasteiger partial charge in [-0.05, 0) is 49.8 Å². The highest BCUT2D eigenvalue weighted by Gasteiger charge is 2.14. The van der Waals surface area contributed by atoms with Gasteiger partial charge in [-0.2, -0.15) is 0 Å². The Morgan fingerprint density at radius 2 is 1.76 bits per heavy atom. The second-order valence-corrected chi connectivity index (χ2v) is 5.90. The van der Waals surface area contributed by atoms with Crippen molar-refractivity contribution in [3.05, 3.63) is 29.8 Å². The highest BCUT2D eigenvalue weighted by atomic mass is 16.5. The summed E-state index contributed by atoms with van der Waals surface area (Å²) < 4.78 is 5.87. The van der Waals surface area contributed by atoms with Gasteiger partial charge in [0.05, 0.1) is 6.10 Å². The van der Waals surface area contributed by atoms with E-state index in [0.717, 1.165) is 18.7 Å². The Morgan fingerprint density at radius 1 is 1.05 bits per heavy atom. The van der Waals surface area contributed by atoms with Gasteiger partial charge in [-0.3, -0.25) is 4.79 Å². The Bertz CT molecular complexity index is 396. The van der Waals surface area contributed by atoms with E-state index in [1.165, 1.54) is 56.9 Å². The number of anilines is 1. The number of hydrogen-bond donors (Lipinski definition) is 1. The molecule has 0 unspecified atom stereocenters. The molecule has 1 N–H and O–H groups in total. The summed E-state index contributed by atoms with van der Waals surface area (Å²) in [6.07, 6.45) is 12.6. The summed E-state index contributed by atoms with van der Waals surface area (Å²) in [6, 6.07) is 8.10. The molecule has 3 nitrogen and oxygen atoms in total. The molecule has 0 saturated heterocycles. The third-order valence-corrected chi connectivity index (χ3v) is 4.20. The first kappa shape index (κ1) is 16.0. The van der Waals surface area contributed by atoms with Crippen molar-refractivity contribution in [3.63, 3.8) is 0 Å². The first-order chi connectivity index (χ1) is 10.4. The third kappa shape index (κ3) is 6.30. The Kier molecular flexibility index (Phi) is 7.30. The van der Waals surface area contributed by atoms with Gasteiger partial charge in [0.15, 0.2) is 0 Å². The molecular weight excluding hydrogens is 262 g/mol. The quantitative estimate of drug-likeness (QED) is 0.514. The number of carbonyl (C=O) groups excluding carboxylic acids is 1. The maximum atomic E-state index is 10.3. The second kappa shape index (κ2) is 9.56. The van der Waals surface area contributed by atoms with Crippen LogP contribution in [0.4, 0.5) is 5.69 Å². The zero-order chi connectivity index (χ0) is 14.8. The molecule has 0 bridgehead atoms. The van der Waals surface area contributed by atoms with Gasteiger partial charge in [-0.1, -0.05) is 37.8 Å². The normalized spacial score (nSPS) is 15.2. The first-order valence-electron chi connectivity index (χ1n) is 8.29. The topological polar surface area (TPSA) is 38.3 Å². The first-order valence-corrected chi connectivity index (χ1v) is 8.29. The number of rotatable bonds is 10. The van der Waals surface area contributed by atoms with Crippen molar-refractivity contribution < 1.29 is 9.53 Å². The molecule has 0 spiro atoms. The number of ether oxygens (including phenoxy) is 1. The summed E-state index contributed by atoms with van der Waals surface area (Å²) in [4.78, 5) is 10.3. The predicted octanol–water partition coefficient (Wildman–Crippen LogP) is 4.32. The third-order valence-electron chi connectivity index (χ3n) is 4.20. The highest BCUT2D eigenvalue weighted by Crippen LogP contribution is 2.21. The molecule has 0 radical (unpaired) electrons. The second-order valence-electron chi connectivity index (χ2n) is 5.90. The summed E-state index contributed by atoms with van der Waals surface area (Å²) in [5, 5.41) is 2.65. The summed E-state index contributed by atoms with van der Waals surface area (Å²) >= 11 is 0. The van der Waals surface area contributed by atoms with Crippen molar-refractivity contribution in [1.29, 1.82) is 0 Å². The van der Waals surface area contributed by atoms with Crippen LogP contribution in [0.15, 0.2) is 24.3 Å². The lowest BCUT2D eigenvalue weighted by molar-refractivity contribution is -0.105. The monoisotopic (exact) mass is 289 g/mol. The Morgan fingerprint density at radius 3 is 2.48 bits per heavy atom. The minimum Gasteiger partial charge on any atom is -0.378 e. The molecule has 0 aromatic heterocycles. The average molecular weight is 289 g/mol. The number of benzene rings is 1. The Balaban J connectivity index is 1.48. The van der Waals surface area contributed by atoms with Crippen LogP contribution in [0.2, 0.25) is 0 Å². The largest absolute Gasteiger partial charge is 0.378 e. The smallest absolute Gasteiger partial charge is 0.211 e. The number of nitrogens with one attached hydrogen (secondary N) is 1. The van der Waals surface area contributed by atoms with Crippen molar-refractivity contribution in [2.75, 3.05) is 11.9 Å². The maximum Gasteiger partial charge on any atom is 0.211 e. The van der Waals surface area contributed by atoms with E-state index in [0.29, 0.717) is 12.5 Å². The van der Waals surface area contributed by atoms with E-state index < -0.39 is 0 Å². The van der Waals surface area contributed by atoms with Gasteiger partial charge in [-0.15, -0.1) is 0 Å². The van der Waals surface area contributed by atoms with Crippen LogP contribution >= 0.6 is 0 Å². The highest BCUT2D eigenvalue weighted by molar-refractivity contribution is 5.70. The zero-order valence-corrected chi connectivity index (χ0v) is 12.9. The van der Waals surface area contributed by atoms with Crippen molar-refractivity contribution >= 4 is 12.1 Å². The summed E-state index contributed by atoms with van der Waals surface area (Å²) in [6.45, 7) is 0.941. The molecule has 0 atom stereocenters. The molecule has 21 heavy (non-hydrogen) atoms. The Hall–Kier alpha value is -1.35.